The summed E-state index contributed by atoms with van der Waals surface area (Å²) in [7, 11) is 0. The third-order valence-electron chi connectivity index (χ3n) is 13.4. The summed E-state index contributed by atoms with van der Waals surface area (Å²) in [6, 6.07) is 49.5. The first-order valence-corrected chi connectivity index (χ1v) is 21.7. The van der Waals surface area contributed by atoms with Crippen LogP contribution in [0, 0.1) is 0 Å². The number of aromatic nitrogens is 4. The standard InChI is InChI=1S/C56H49N5/c1-54(2,3)33-24-25-44-39(27-33)40-28-34(55(4,5)6)30-43-48-52(60(44)49(40)43)57-47-42-26-32-18-16-17-23-38(32)46-41-29-35(56(7,8)9)31-45(50(41)61(51(42)46)53(47)58-48)59(36-19-12-10-13-20-36)37-21-14-11-15-22-37/h10-31H,1-9H3. The Hall–Kier alpha value is -6.72. The van der Waals surface area contributed by atoms with Crippen molar-refractivity contribution in [2.24, 2.45) is 0 Å². The quantitative estimate of drug-likeness (QED) is 0.179. The molecule has 0 aliphatic carbocycles. The highest BCUT2D eigenvalue weighted by Gasteiger charge is 2.31. The molecule has 0 aliphatic heterocycles. The lowest BCUT2D eigenvalue weighted by Crippen LogP contribution is -2.15. The Labute approximate surface area is 355 Å². The molecule has 5 heterocycles. The van der Waals surface area contributed by atoms with Crippen LogP contribution in [0.3, 0.4) is 0 Å². The molecular weight excluding hydrogens is 743 g/mol. The zero-order valence-corrected chi connectivity index (χ0v) is 36.4. The molecule has 12 aromatic rings. The van der Waals surface area contributed by atoms with Gasteiger partial charge in [0.05, 0.1) is 27.8 Å². The van der Waals surface area contributed by atoms with Crippen molar-refractivity contribution in [3.8, 4) is 0 Å². The molecule has 5 heteroatoms. The topological polar surface area (TPSA) is 37.8 Å². The van der Waals surface area contributed by atoms with E-state index in [2.05, 4.69) is 209 Å². The van der Waals surface area contributed by atoms with Crippen LogP contribution in [0.25, 0.3) is 87.5 Å². The van der Waals surface area contributed by atoms with Crippen LogP contribution < -0.4 is 4.90 Å². The van der Waals surface area contributed by atoms with E-state index in [0.717, 1.165) is 55.7 Å². The summed E-state index contributed by atoms with van der Waals surface area (Å²) in [6.45, 7) is 20.8. The molecule has 61 heavy (non-hydrogen) atoms. The Morgan fingerprint density at radius 3 is 1.57 bits per heavy atom. The van der Waals surface area contributed by atoms with E-state index in [-0.39, 0.29) is 16.2 Å². The highest BCUT2D eigenvalue weighted by Crippen LogP contribution is 2.50. The summed E-state index contributed by atoms with van der Waals surface area (Å²) >= 11 is 0. The van der Waals surface area contributed by atoms with E-state index in [9.17, 15) is 0 Å². The van der Waals surface area contributed by atoms with Crippen molar-refractivity contribution >= 4 is 105 Å². The highest BCUT2D eigenvalue weighted by atomic mass is 15.2. The predicted molar refractivity (Wildman–Crippen MR) is 260 cm³/mol. The molecule has 0 amide bonds. The average Bonchev–Trinajstić information content (AvgIpc) is 3.95. The number of para-hydroxylation sites is 2. The van der Waals surface area contributed by atoms with Crippen LogP contribution in [-0.4, -0.2) is 18.8 Å². The first kappa shape index (κ1) is 36.2. The van der Waals surface area contributed by atoms with Crippen molar-refractivity contribution in [1.82, 2.24) is 18.8 Å². The number of hydrogen-bond donors (Lipinski definition) is 0. The maximum absolute atomic E-state index is 5.86. The maximum Gasteiger partial charge on any atom is 0.165 e. The smallest absolute Gasteiger partial charge is 0.165 e. The van der Waals surface area contributed by atoms with Gasteiger partial charge in [0.1, 0.15) is 11.0 Å². The minimum atomic E-state index is -0.111. The van der Waals surface area contributed by atoms with Gasteiger partial charge >= 0.3 is 0 Å². The second-order valence-corrected chi connectivity index (χ2v) is 20.4. The van der Waals surface area contributed by atoms with Crippen molar-refractivity contribution in [1.29, 1.82) is 0 Å². The molecule has 0 saturated heterocycles. The predicted octanol–water partition coefficient (Wildman–Crippen LogP) is 15.3. The lowest BCUT2D eigenvalue weighted by atomic mass is 9.84. The summed E-state index contributed by atoms with van der Waals surface area (Å²) in [4.78, 5) is 14.1. The molecule has 0 atom stereocenters. The lowest BCUT2D eigenvalue weighted by molar-refractivity contribution is 0.590. The monoisotopic (exact) mass is 791 g/mol. The van der Waals surface area contributed by atoms with Crippen LogP contribution in [0.2, 0.25) is 0 Å². The van der Waals surface area contributed by atoms with Crippen LogP contribution in [0.15, 0.2) is 133 Å². The fourth-order valence-electron chi connectivity index (χ4n) is 10.1. The van der Waals surface area contributed by atoms with Gasteiger partial charge in [-0.15, -0.1) is 0 Å². The molecule has 298 valence electrons. The minimum Gasteiger partial charge on any atom is -0.308 e. The van der Waals surface area contributed by atoms with Gasteiger partial charge < -0.3 is 4.90 Å². The normalized spacial score (nSPS) is 13.3. The molecular formula is C56H49N5. The third-order valence-corrected chi connectivity index (χ3v) is 13.4. The lowest BCUT2D eigenvalue weighted by Gasteiger charge is -2.29. The second kappa shape index (κ2) is 12.0. The second-order valence-electron chi connectivity index (χ2n) is 20.4. The van der Waals surface area contributed by atoms with E-state index in [1.165, 1.54) is 65.6 Å². The van der Waals surface area contributed by atoms with Gasteiger partial charge in [0.15, 0.2) is 11.3 Å². The van der Waals surface area contributed by atoms with Gasteiger partial charge in [-0.05, 0) is 110 Å². The van der Waals surface area contributed by atoms with Crippen LogP contribution in [-0.2, 0) is 16.2 Å². The van der Waals surface area contributed by atoms with Crippen molar-refractivity contribution in [3.05, 3.63) is 150 Å². The Bertz CT molecular complexity index is 3700. The highest BCUT2D eigenvalue weighted by molar-refractivity contribution is 6.33. The van der Waals surface area contributed by atoms with E-state index in [1.54, 1.807) is 0 Å². The van der Waals surface area contributed by atoms with Gasteiger partial charge in [-0.1, -0.05) is 129 Å². The maximum atomic E-state index is 5.86. The molecule has 0 bridgehead atoms. The van der Waals surface area contributed by atoms with Gasteiger partial charge in [-0.3, -0.25) is 8.80 Å². The van der Waals surface area contributed by atoms with Crippen molar-refractivity contribution in [2.75, 3.05) is 4.90 Å². The number of nitrogens with zero attached hydrogens (tertiary/aromatic N) is 5. The van der Waals surface area contributed by atoms with Crippen LogP contribution in [0.4, 0.5) is 17.1 Å². The molecule has 5 nitrogen and oxygen atoms in total. The van der Waals surface area contributed by atoms with Crippen LogP contribution >= 0.6 is 0 Å². The molecule has 0 radical (unpaired) electrons. The SMILES string of the molecule is CC(C)(C)c1ccc2c(c1)c1cc(C(C)(C)C)cc3c4nc5c(nc4n2c13)c1cc2ccccc2c2c3cc(C(C)(C)C)cc(N(c4ccccc4)c4ccccc4)c3n5c12. The average molecular weight is 792 g/mol. The zero-order chi connectivity index (χ0) is 41.9. The van der Waals surface area contributed by atoms with Gasteiger partial charge in [-0.25, -0.2) is 9.97 Å². The number of hydrogen-bond acceptors (Lipinski definition) is 3. The zero-order valence-electron chi connectivity index (χ0n) is 36.4. The first-order chi connectivity index (χ1) is 29.2. The van der Waals surface area contributed by atoms with E-state index >= 15 is 0 Å². The Balaban J connectivity index is 1.32. The van der Waals surface area contributed by atoms with Crippen molar-refractivity contribution < 1.29 is 0 Å². The summed E-state index contributed by atoms with van der Waals surface area (Å²) in [5.41, 5.74) is 15.4. The minimum absolute atomic E-state index is 0.0243. The fraction of sp³-hybridized carbons (Fsp3) is 0.214. The third kappa shape index (κ3) is 5.01. The van der Waals surface area contributed by atoms with E-state index in [0.29, 0.717) is 0 Å². The molecule has 0 N–H and O–H groups in total. The van der Waals surface area contributed by atoms with Gasteiger partial charge in [0.2, 0.25) is 0 Å². The molecule has 7 aromatic carbocycles. The molecule has 0 fully saturated rings. The summed E-state index contributed by atoms with van der Waals surface area (Å²) in [6.07, 6.45) is 0. The number of fused-ring (bicyclic) bond motifs is 14. The van der Waals surface area contributed by atoms with Crippen molar-refractivity contribution in [2.45, 2.75) is 78.6 Å². The summed E-state index contributed by atoms with van der Waals surface area (Å²) in [5, 5.41) is 9.72. The molecule has 5 aromatic heterocycles. The van der Waals surface area contributed by atoms with E-state index < -0.39 is 0 Å². The van der Waals surface area contributed by atoms with Gasteiger partial charge in [0, 0.05) is 43.7 Å². The Morgan fingerprint density at radius 2 is 0.934 bits per heavy atom. The van der Waals surface area contributed by atoms with E-state index in [1.807, 2.05) is 0 Å². The van der Waals surface area contributed by atoms with Crippen LogP contribution in [0.5, 0.6) is 0 Å². The number of anilines is 3. The molecule has 0 spiro atoms. The van der Waals surface area contributed by atoms with E-state index in [4.69, 9.17) is 9.97 Å². The number of benzene rings is 7. The Kier molecular flexibility index (Phi) is 7.10. The molecule has 0 aliphatic rings. The molecule has 0 unspecified atom stereocenters. The molecule has 12 rings (SSSR count). The number of rotatable bonds is 3. The largest absolute Gasteiger partial charge is 0.308 e. The van der Waals surface area contributed by atoms with Gasteiger partial charge in [-0.2, -0.15) is 0 Å². The first-order valence-electron chi connectivity index (χ1n) is 21.7. The Morgan fingerprint density at radius 1 is 0.410 bits per heavy atom. The summed E-state index contributed by atoms with van der Waals surface area (Å²) < 4.78 is 4.86. The summed E-state index contributed by atoms with van der Waals surface area (Å²) in [5.74, 6) is 0. The van der Waals surface area contributed by atoms with Crippen LogP contribution in [0.1, 0.15) is 79.0 Å². The van der Waals surface area contributed by atoms with Crippen molar-refractivity contribution in [3.63, 3.8) is 0 Å². The molecule has 0 saturated carbocycles. The van der Waals surface area contributed by atoms with Gasteiger partial charge in [0.25, 0.3) is 0 Å². The fourth-order valence-corrected chi connectivity index (χ4v) is 10.1.